The fraction of sp³-hybridized carbons (Fsp3) is 0.571. The molecule has 1 aromatic heterocycles. The Morgan fingerprint density at radius 2 is 2.22 bits per heavy atom. The minimum atomic E-state index is -0.901. The molecule has 0 bridgehead atoms. The topological polar surface area (TPSA) is 62.2 Å². The first-order valence-electron chi connectivity index (χ1n) is 6.64. The van der Waals surface area contributed by atoms with Crippen molar-refractivity contribution in [3.8, 4) is 0 Å². The predicted octanol–water partition coefficient (Wildman–Crippen LogP) is 2.87. The average Bonchev–Trinajstić information content (AvgIpc) is 2.37. The summed E-state index contributed by atoms with van der Waals surface area (Å²) in [7, 11) is 0. The van der Waals surface area contributed by atoms with E-state index in [9.17, 15) is 9.90 Å². The highest BCUT2D eigenvalue weighted by molar-refractivity contribution is 5.93. The van der Waals surface area contributed by atoms with Crippen LogP contribution in [-0.2, 0) is 12.8 Å². The maximum absolute atomic E-state index is 11.3. The van der Waals surface area contributed by atoms with Gasteiger partial charge < -0.3 is 10.4 Å². The van der Waals surface area contributed by atoms with Gasteiger partial charge in [-0.15, -0.1) is 0 Å². The van der Waals surface area contributed by atoms with Crippen LogP contribution in [0, 0.1) is 0 Å². The Bertz CT molecular complexity index is 457. The Morgan fingerprint density at radius 1 is 1.50 bits per heavy atom. The van der Waals surface area contributed by atoms with E-state index in [0.717, 1.165) is 43.4 Å². The van der Waals surface area contributed by atoms with E-state index in [4.69, 9.17) is 0 Å². The lowest BCUT2D eigenvalue weighted by molar-refractivity contribution is 0.0697. The number of hydrogen-bond donors (Lipinski definition) is 2. The molecule has 0 spiro atoms. The molecule has 4 nitrogen and oxygen atoms in total. The molecule has 18 heavy (non-hydrogen) atoms. The number of rotatable bonds is 4. The van der Waals surface area contributed by atoms with Crippen molar-refractivity contribution in [2.45, 2.75) is 52.0 Å². The molecular formula is C14H20N2O2. The fourth-order valence-corrected chi connectivity index (χ4v) is 2.24. The van der Waals surface area contributed by atoms with Crippen LogP contribution in [0.5, 0.6) is 0 Å². The lowest BCUT2D eigenvalue weighted by atomic mass is 9.94. The highest BCUT2D eigenvalue weighted by Gasteiger charge is 2.19. The Kier molecular flexibility index (Phi) is 3.84. The highest BCUT2D eigenvalue weighted by atomic mass is 16.4. The van der Waals surface area contributed by atoms with Gasteiger partial charge in [0.25, 0.3) is 0 Å². The quantitative estimate of drug-likeness (QED) is 0.860. The van der Waals surface area contributed by atoms with Crippen LogP contribution >= 0.6 is 0 Å². The third kappa shape index (κ3) is 2.63. The van der Waals surface area contributed by atoms with Gasteiger partial charge in [-0.3, -0.25) is 0 Å². The molecule has 1 unspecified atom stereocenters. The van der Waals surface area contributed by atoms with Crippen molar-refractivity contribution in [2.75, 3.05) is 5.32 Å². The second kappa shape index (κ2) is 5.38. The molecule has 1 atom stereocenters. The second-order valence-corrected chi connectivity index (χ2v) is 4.96. The zero-order valence-corrected chi connectivity index (χ0v) is 11.0. The number of aromatic carboxylic acids is 1. The summed E-state index contributed by atoms with van der Waals surface area (Å²) in [5.74, 6) is -0.376. The van der Waals surface area contributed by atoms with Gasteiger partial charge in [-0.1, -0.05) is 6.92 Å². The molecule has 1 aliphatic rings. The van der Waals surface area contributed by atoms with Crippen molar-refractivity contribution < 1.29 is 9.90 Å². The van der Waals surface area contributed by atoms with Crippen molar-refractivity contribution in [3.05, 3.63) is 22.9 Å². The first-order valence-corrected chi connectivity index (χ1v) is 6.64. The molecule has 0 saturated heterocycles. The number of aromatic nitrogens is 1. The number of carboxylic acids is 1. The lowest BCUT2D eigenvalue weighted by Gasteiger charge is -2.20. The van der Waals surface area contributed by atoms with Gasteiger partial charge in [-0.25, -0.2) is 9.78 Å². The van der Waals surface area contributed by atoms with Crippen molar-refractivity contribution in [1.29, 1.82) is 0 Å². The summed E-state index contributed by atoms with van der Waals surface area (Å²) in [5.41, 5.74) is 2.47. The number of fused-ring (bicyclic) bond motifs is 1. The van der Waals surface area contributed by atoms with Gasteiger partial charge in [0.05, 0.1) is 0 Å². The predicted molar refractivity (Wildman–Crippen MR) is 71.2 cm³/mol. The molecule has 2 N–H and O–H groups in total. The van der Waals surface area contributed by atoms with Crippen LogP contribution in [0.1, 0.15) is 54.7 Å². The summed E-state index contributed by atoms with van der Waals surface area (Å²) in [6.07, 6.45) is 5.13. The molecule has 0 amide bonds. The zero-order chi connectivity index (χ0) is 13.1. The van der Waals surface area contributed by atoms with E-state index in [2.05, 4.69) is 17.2 Å². The number of hydrogen-bond acceptors (Lipinski definition) is 3. The van der Waals surface area contributed by atoms with Crippen LogP contribution in [0.15, 0.2) is 6.07 Å². The first-order chi connectivity index (χ1) is 8.61. The van der Waals surface area contributed by atoms with E-state index in [1.165, 1.54) is 0 Å². The number of pyridine rings is 1. The van der Waals surface area contributed by atoms with Gasteiger partial charge in [-0.05, 0) is 50.7 Å². The summed E-state index contributed by atoms with van der Waals surface area (Å²) in [6.45, 7) is 4.10. The summed E-state index contributed by atoms with van der Waals surface area (Å²) in [4.78, 5) is 15.8. The molecular weight excluding hydrogens is 228 g/mol. The van der Waals surface area contributed by atoms with Crippen LogP contribution in [0.25, 0.3) is 0 Å². The van der Waals surface area contributed by atoms with Gasteiger partial charge in [-0.2, -0.15) is 0 Å². The summed E-state index contributed by atoms with van der Waals surface area (Å²) >= 11 is 0. The number of carboxylic acid groups (broad SMARTS) is 1. The molecule has 2 rings (SSSR count). The van der Waals surface area contributed by atoms with Crippen molar-refractivity contribution in [2.24, 2.45) is 0 Å². The molecule has 0 aliphatic heterocycles. The van der Waals surface area contributed by atoms with Crippen LogP contribution < -0.4 is 5.32 Å². The molecule has 0 fully saturated rings. The SMILES string of the molecule is CCC(C)Nc1nc2c(cc1C(=O)O)CCCC2. The number of anilines is 1. The van der Waals surface area contributed by atoms with Crippen LogP contribution in [0.4, 0.5) is 5.82 Å². The van der Waals surface area contributed by atoms with Crippen molar-refractivity contribution in [3.63, 3.8) is 0 Å². The van der Waals surface area contributed by atoms with E-state index in [-0.39, 0.29) is 6.04 Å². The highest BCUT2D eigenvalue weighted by Crippen LogP contribution is 2.25. The standard InChI is InChI=1S/C14H20N2O2/c1-3-9(2)15-13-11(14(17)18)8-10-6-4-5-7-12(10)16-13/h8-9H,3-7H2,1-2H3,(H,15,16)(H,17,18). The molecule has 1 aliphatic carbocycles. The minimum Gasteiger partial charge on any atom is -0.478 e. The summed E-state index contributed by atoms with van der Waals surface area (Å²) in [5, 5.41) is 12.5. The third-order valence-corrected chi connectivity index (χ3v) is 3.53. The zero-order valence-electron chi connectivity index (χ0n) is 11.0. The Morgan fingerprint density at radius 3 is 2.89 bits per heavy atom. The van der Waals surface area contributed by atoms with Crippen LogP contribution in [0.2, 0.25) is 0 Å². The maximum Gasteiger partial charge on any atom is 0.339 e. The third-order valence-electron chi connectivity index (χ3n) is 3.53. The lowest BCUT2D eigenvalue weighted by Crippen LogP contribution is -2.19. The molecule has 98 valence electrons. The first kappa shape index (κ1) is 12.9. The Balaban J connectivity index is 2.39. The second-order valence-electron chi connectivity index (χ2n) is 4.96. The van der Waals surface area contributed by atoms with E-state index >= 15 is 0 Å². The van der Waals surface area contributed by atoms with Gasteiger partial charge in [0.2, 0.25) is 0 Å². The number of nitrogens with zero attached hydrogens (tertiary/aromatic N) is 1. The largest absolute Gasteiger partial charge is 0.478 e. The van der Waals surface area contributed by atoms with Gasteiger partial charge in [0.1, 0.15) is 11.4 Å². The normalized spacial score (nSPS) is 15.9. The Hall–Kier alpha value is -1.58. The molecule has 1 aromatic rings. The maximum atomic E-state index is 11.3. The van der Waals surface area contributed by atoms with E-state index < -0.39 is 5.97 Å². The smallest absolute Gasteiger partial charge is 0.339 e. The number of carbonyl (C=O) groups is 1. The van der Waals surface area contributed by atoms with E-state index in [1.807, 2.05) is 6.92 Å². The van der Waals surface area contributed by atoms with Gasteiger partial charge >= 0.3 is 5.97 Å². The van der Waals surface area contributed by atoms with E-state index in [1.54, 1.807) is 6.07 Å². The minimum absolute atomic E-state index is 0.234. The van der Waals surface area contributed by atoms with E-state index in [0.29, 0.717) is 11.4 Å². The summed E-state index contributed by atoms with van der Waals surface area (Å²) in [6, 6.07) is 2.03. The number of aryl methyl sites for hydroxylation is 2. The van der Waals surface area contributed by atoms with Crippen LogP contribution in [-0.4, -0.2) is 22.1 Å². The molecule has 0 radical (unpaired) electrons. The van der Waals surface area contributed by atoms with Crippen molar-refractivity contribution in [1.82, 2.24) is 4.98 Å². The van der Waals surface area contributed by atoms with Gasteiger partial charge in [0.15, 0.2) is 0 Å². The van der Waals surface area contributed by atoms with Crippen LogP contribution in [0.3, 0.4) is 0 Å². The average molecular weight is 248 g/mol. The molecule has 0 aromatic carbocycles. The van der Waals surface area contributed by atoms with Crippen molar-refractivity contribution >= 4 is 11.8 Å². The number of nitrogens with one attached hydrogen (secondary N) is 1. The monoisotopic (exact) mass is 248 g/mol. The summed E-state index contributed by atoms with van der Waals surface area (Å²) < 4.78 is 0. The fourth-order valence-electron chi connectivity index (χ4n) is 2.24. The molecule has 0 saturated carbocycles. The van der Waals surface area contributed by atoms with Gasteiger partial charge in [0, 0.05) is 11.7 Å². The Labute approximate surface area is 107 Å². The molecule has 4 heteroatoms. The molecule has 1 heterocycles.